The molecule has 22 heavy (non-hydrogen) atoms. The summed E-state index contributed by atoms with van der Waals surface area (Å²) in [6.45, 7) is 4.43. The second kappa shape index (κ2) is 7.85. The van der Waals surface area contributed by atoms with E-state index in [1.807, 2.05) is 44.2 Å². The first-order chi connectivity index (χ1) is 10.6. The molecule has 1 atom stereocenters. The number of aryl methyl sites for hydroxylation is 1. The third kappa shape index (κ3) is 4.50. The molecule has 0 heterocycles. The maximum absolute atomic E-state index is 12.3. The Morgan fingerprint density at radius 3 is 2.68 bits per heavy atom. The highest BCUT2D eigenvalue weighted by atomic mass is 35.5. The number of ether oxygens (including phenoxy) is 1. The summed E-state index contributed by atoms with van der Waals surface area (Å²) in [5, 5.41) is 3.42. The van der Waals surface area contributed by atoms with E-state index < -0.39 is 6.10 Å². The zero-order chi connectivity index (χ0) is 15.9. The highest BCUT2D eigenvalue weighted by Crippen LogP contribution is 2.24. The maximum Gasteiger partial charge on any atom is 0.261 e. The van der Waals surface area contributed by atoms with Crippen LogP contribution in [0.3, 0.4) is 0 Å². The Labute approximate surface area is 136 Å². The van der Waals surface area contributed by atoms with E-state index in [1.54, 1.807) is 12.1 Å². The van der Waals surface area contributed by atoms with Crippen LogP contribution < -0.4 is 10.1 Å². The molecular weight excluding hydrogens is 298 g/mol. The number of halogens is 1. The van der Waals surface area contributed by atoms with E-state index in [1.165, 1.54) is 5.56 Å². The summed E-state index contributed by atoms with van der Waals surface area (Å²) in [6.07, 6.45) is 0.0231. The van der Waals surface area contributed by atoms with E-state index in [-0.39, 0.29) is 5.91 Å². The van der Waals surface area contributed by atoms with Gasteiger partial charge in [-0.1, -0.05) is 60.5 Å². The lowest BCUT2D eigenvalue weighted by Crippen LogP contribution is -2.37. The summed E-state index contributed by atoms with van der Waals surface area (Å²) in [4.78, 5) is 12.3. The van der Waals surface area contributed by atoms with Crippen LogP contribution in [0.25, 0.3) is 0 Å². The largest absolute Gasteiger partial charge is 0.479 e. The van der Waals surface area contributed by atoms with Gasteiger partial charge < -0.3 is 10.1 Å². The Morgan fingerprint density at radius 1 is 1.23 bits per heavy atom. The van der Waals surface area contributed by atoms with Gasteiger partial charge in [-0.3, -0.25) is 4.79 Å². The molecule has 0 saturated heterocycles. The predicted octanol–water partition coefficient (Wildman–Crippen LogP) is 4.12. The van der Waals surface area contributed by atoms with Crippen LogP contribution in [0.1, 0.15) is 24.5 Å². The predicted molar refractivity (Wildman–Crippen MR) is 89.2 cm³/mol. The van der Waals surface area contributed by atoms with E-state index in [0.29, 0.717) is 23.7 Å². The molecule has 2 rings (SSSR count). The minimum Gasteiger partial charge on any atom is -0.479 e. The highest BCUT2D eigenvalue weighted by molar-refractivity contribution is 6.32. The Hall–Kier alpha value is -2.00. The van der Waals surface area contributed by atoms with E-state index in [0.717, 1.165) is 5.56 Å². The van der Waals surface area contributed by atoms with Gasteiger partial charge in [-0.05, 0) is 31.0 Å². The van der Waals surface area contributed by atoms with Gasteiger partial charge in [0.15, 0.2) is 6.10 Å². The van der Waals surface area contributed by atoms with Gasteiger partial charge in [-0.15, -0.1) is 0 Å². The number of amides is 1. The second-order valence-corrected chi connectivity index (χ2v) is 5.56. The van der Waals surface area contributed by atoms with Crippen LogP contribution in [-0.2, 0) is 11.3 Å². The minimum absolute atomic E-state index is 0.135. The Bertz CT molecular complexity index is 642. The first kappa shape index (κ1) is 16.4. The average molecular weight is 318 g/mol. The fourth-order valence-corrected chi connectivity index (χ4v) is 2.32. The Kier molecular flexibility index (Phi) is 5.84. The van der Waals surface area contributed by atoms with Gasteiger partial charge >= 0.3 is 0 Å². The summed E-state index contributed by atoms with van der Waals surface area (Å²) in [5.41, 5.74) is 2.24. The average Bonchev–Trinajstić information content (AvgIpc) is 2.52. The maximum atomic E-state index is 12.3. The lowest BCUT2D eigenvalue weighted by atomic mass is 10.1. The molecule has 0 aliphatic heterocycles. The van der Waals surface area contributed by atoms with E-state index >= 15 is 0 Å². The van der Waals surface area contributed by atoms with Crippen molar-refractivity contribution in [2.75, 3.05) is 0 Å². The summed E-state index contributed by atoms with van der Waals surface area (Å²) in [5.74, 6) is 0.394. The summed E-state index contributed by atoms with van der Waals surface area (Å²) < 4.78 is 5.72. The van der Waals surface area contributed by atoms with E-state index in [4.69, 9.17) is 16.3 Å². The van der Waals surface area contributed by atoms with Crippen molar-refractivity contribution < 1.29 is 9.53 Å². The van der Waals surface area contributed by atoms with E-state index in [9.17, 15) is 4.79 Å². The van der Waals surface area contributed by atoms with Crippen LogP contribution in [0.15, 0.2) is 48.5 Å². The summed E-state index contributed by atoms with van der Waals surface area (Å²) >= 11 is 6.06. The van der Waals surface area contributed by atoms with Gasteiger partial charge in [0.2, 0.25) is 0 Å². The normalized spacial score (nSPS) is 11.8. The first-order valence-corrected chi connectivity index (χ1v) is 7.72. The van der Waals surface area contributed by atoms with Crippen molar-refractivity contribution in [2.24, 2.45) is 0 Å². The van der Waals surface area contributed by atoms with Gasteiger partial charge in [-0.2, -0.15) is 0 Å². The molecule has 0 spiro atoms. The Morgan fingerprint density at radius 2 is 2.00 bits per heavy atom. The number of benzene rings is 2. The van der Waals surface area contributed by atoms with Crippen molar-refractivity contribution in [3.8, 4) is 5.75 Å². The number of rotatable bonds is 6. The molecular formula is C18H20ClNO2. The van der Waals surface area contributed by atoms with Crippen molar-refractivity contribution in [1.29, 1.82) is 0 Å². The summed E-state index contributed by atoms with van der Waals surface area (Å²) in [6, 6.07) is 15.2. The third-order valence-electron chi connectivity index (χ3n) is 3.32. The topological polar surface area (TPSA) is 38.3 Å². The van der Waals surface area contributed by atoms with Crippen molar-refractivity contribution in [3.63, 3.8) is 0 Å². The van der Waals surface area contributed by atoms with Crippen molar-refractivity contribution in [1.82, 2.24) is 5.32 Å². The SMILES string of the molecule is CCC(Oc1ccccc1Cl)C(=O)NCc1cccc(C)c1. The van der Waals surface area contributed by atoms with Gasteiger partial charge in [0.05, 0.1) is 5.02 Å². The number of para-hydroxylation sites is 1. The zero-order valence-electron chi connectivity index (χ0n) is 12.8. The highest BCUT2D eigenvalue weighted by Gasteiger charge is 2.19. The molecule has 0 aliphatic rings. The standard InChI is InChI=1S/C18H20ClNO2/c1-3-16(22-17-10-5-4-9-15(17)19)18(21)20-12-14-8-6-7-13(2)11-14/h4-11,16H,3,12H2,1-2H3,(H,20,21). The molecule has 1 amide bonds. The molecule has 0 bridgehead atoms. The molecule has 4 heteroatoms. The smallest absolute Gasteiger partial charge is 0.261 e. The van der Waals surface area contributed by atoms with Crippen LogP contribution in [0.5, 0.6) is 5.75 Å². The molecule has 0 fully saturated rings. The third-order valence-corrected chi connectivity index (χ3v) is 3.63. The summed E-state index contributed by atoms with van der Waals surface area (Å²) in [7, 11) is 0. The second-order valence-electron chi connectivity index (χ2n) is 5.15. The zero-order valence-corrected chi connectivity index (χ0v) is 13.6. The molecule has 0 aliphatic carbocycles. The molecule has 2 aromatic carbocycles. The number of hydrogen-bond donors (Lipinski definition) is 1. The molecule has 1 N–H and O–H groups in total. The van der Waals surface area contributed by atoms with Crippen LogP contribution in [0, 0.1) is 6.92 Å². The van der Waals surface area contributed by atoms with Gasteiger partial charge in [0, 0.05) is 6.54 Å². The minimum atomic E-state index is -0.551. The molecule has 0 aromatic heterocycles. The van der Waals surface area contributed by atoms with Crippen LogP contribution >= 0.6 is 11.6 Å². The fraction of sp³-hybridized carbons (Fsp3) is 0.278. The number of carbonyl (C=O) groups excluding carboxylic acids is 1. The molecule has 0 radical (unpaired) electrons. The number of hydrogen-bond acceptors (Lipinski definition) is 2. The van der Waals surface area contributed by atoms with Crippen LogP contribution in [-0.4, -0.2) is 12.0 Å². The van der Waals surface area contributed by atoms with Crippen molar-refractivity contribution in [3.05, 3.63) is 64.7 Å². The lowest BCUT2D eigenvalue weighted by molar-refractivity contribution is -0.128. The van der Waals surface area contributed by atoms with E-state index in [2.05, 4.69) is 11.4 Å². The molecule has 116 valence electrons. The van der Waals surface area contributed by atoms with Crippen molar-refractivity contribution >= 4 is 17.5 Å². The molecule has 2 aromatic rings. The van der Waals surface area contributed by atoms with Gasteiger partial charge in [-0.25, -0.2) is 0 Å². The molecule has 0 saturated carbocycles. The molecule has 1 unspecified atom stereocenters. The quantitative estimate of drug-likeness (QED) is 0.870. The Balaban J connectivity index is 1.96. The molecule has 3 nitrogen and oxygen atoms in total. The van der Waals surface area contributed by atoms with Gasteiger partial charge in [0.1, 0.15) is 5.75 Å². The van der Waals surface area contributed by atoms with Gasteiger partial charge in [0.25, 0.3) is 5.91 Å². The number of carbonyl (C=O) groups is 1. The fourth-order valence-electron chi connectivity index (χ4n) is 2.14. The van der Waals surface area contributed by atoms with Crippen LogP contribution in [0.4, 0.5) is 0 Å². The first-order valence-electron chi connectivity index (χ1n) is 7.34. The monoisotopic (exact) mass is 317 g/mol. The van der Waals surface area contributed by atoms with Crippen molar-refractivity contribution in [2.45, 2.75) is 32.9 Å². The lowest BCUT2D eigenvalue weighted by Gasteiger charge is -2.18. The van der Waals surface area contributed by atoms with Crippen LogP contribution in [0.2, 0.25) is 5.02 Å². The number of nitrogens with one attached hydrogen (secondary N) is 1.